The van der Waals surface area contributed by atoms with Gasteiger partial charge in [0, 0.05) is 12.6 Å². The van der Waals surface area contributed by atoms with E-state index in [1.54, 1.807) is 0 Å². The quantitative estimate of drug-likeness (QED) is 0.810. The zero-order valence-electron chi connectivity index (χ0n) is 13.3. The van der Waals surface area contributed by atoms with Gasteiger partial charge in [-0.05, 0) is 44.1 Å². The maximum atomic E-state index is 10.0. The molecule has 21 heavy (non-hydrogen) atoms. The SMILES string of the molecule is CC1CCC(OCC(O)CN[C@H](C)c2ccccc2)CC1. The van der Waals surface area contributed by atoms with Gasteiger partial charge in [0.15, 0.2) is 0 Å². The van der Waals surface area contributed by atoms with Crippen LogP contribution in [0.25, 0.3) is 0 Å². The average Bonchev–Trinajstić information content (AvgIpc) is 2.53. The van der Waals surface area contributed by atoms with Crippen molar-refractivity contribution in [2.75, 3.05) is 13.2 Å². The molecular formula is C18H29NO2. The summed E-state index contributed by atoms with van der Waals surface area (Å²) in [6, 6.07) is 10.5. The molecule has 0 aromatic heterocycles. The maximum Gasteiger partial charge on any atom is 0.0898 e. The van der Waals surface area contributed by atoms with Gasteiger partial charge >= 0.3 is 0 Å². The van der Waals surface area contributed by atoms with Gasteiger partial charge in [0.25, 0.3) is 0 Å². The van der Waals surface area contributed by atoms with E-state index in [2.05, 4.69) is 31.3 Å². The standard InChI is InChI=1S/C18H29NO2/c1-14-8-10-18(11-9-14)21-13-17(20)12-19-15(2)16-6-4-3-5-7-16/h3-7,14-15,17-20H,8-13H2,1-2H3/t14?,15-,17?,18?/m1/s1. The second kappa shape index (κ2) is 8.52. The number of rotatable bonds is 7. The molecule has 0 saturated heterocycles. The van der Waals surface area contributed by atoms with E-state index in [0.717, 1.165) is 18.8 Å². The van der Waals surface area contributed by atoms with Crippen molar-refractivity contribution in [3.63, 3.8) is 0 Å². The molecule has 1 fully saturated rings. The van der Waals surface area contributed by atoms with E-state index in [1.165, 1.54) is 18.4 Å². The predicted molar refractivity (Wildman–Crippen MR) is 86.2 cm³/mol. The highest BCUT2D eigenvalue weighted by Crippen LogP contribution is 2.25. The van der Waals surface area contributed by atoms with Gasteiger partial charge in [-0.1, -0.05) is 37.3 Å². The zero-order valence-corrected chi connectivity index (χ0v) is 13.3. The van der Waals surface area contributed by atoms with E-state index < -0.39 is 6.10 Å². The molecule has 1 unspecified atom stereocenters. The smallest absolute Gasteiger partial charge is 0.0898 e. The minimum absolute atomic E-state index is 0.247. The van der Waals surface area contributed by atoms with Gasteiger partial charge in [0.2, 0.25) is 0 Å². The van der Waals surface area contributed by atoms with Gasteiger partial charge in [-0.3, -0.25) is 0 Å². The van der Waals surface area contributed by atoms with E-state index in [1.807, 2.05) is 18.2 Å². The molecule has 1 aromatic carbocycles. The van der Waals surface area contributed by atoms with Crippen molar-refractivity contribution >= 4 is 0 Å². The highest BCUT2D eigenvalue weighted by molar-refractivity contribution is 5.17. The summed E-state index contributed by atoms with van der Waals surface area (Å²) in [6.45, 7) is 5.43. The molecule has 0 bridgehead atoms. The summed E-state index contributed by atoms with van der Waals surface area (Å²) >= 11 is 0. The number of nitrogens with one attached hydrogen (secondary N) is 1. The van der Waals surface area contributed by atoms with E-state index in [0.29, 0.717) is 19.3 Å². The zero-order chi connectivity index (χ0) is 15.1. The summed E-state index contributed by atoms with van der Waals surface area (Å²) in [7, 11) is 0. The lowest BCUT2D eigenvalue weighted by Crippen LogP contribution is -2.34. The Balaban J connectivity index is 1.62. The maximum absolute atomic E-state index is 10.0. The first-order valence-electron chi connectivity index (χ1n) is 8.23. The Labute approximate surface area is 128 Å². The molecule has 118 valence electrons. The molecule has 1 aliphatic carbocycles. The van der Waals surface area contributed by atoms with Crippen molar-refractivity contribution in [2.24, 2.45) is 5.92 Å². The largest absolute Gasteiger partial charge is 0.389 e. The van der Waals surface area contributed by atoms with E-state index >= 15 is 0 Å². The molecule has 0 heterocycles. The van der Waals surface area contributed by atoms with E-state index in [4.69, 9.17) is 4.74 Å². The van der Waals surface area contributed by atoms with Crippen LogP contribution in [-0.4, -0.2) is 30.5 Å². The van der Waals surface area contributed by atoms with Crippen molar-refractivity contribution in [1.82, 2.24) is 5.32 Å². The fraction of sp³-hybridized carbons (Fsp3) is 0.667. The third kappa shape index (κ3) is 5.77. The Kier molecular flexibility index (Phi) is 6.68. The predicted octanol–water partition coefficient (Wildman–Crippen LogP) is 3.29. The summed E-state index contributed by atoms with van der Waals surface area (Å²) in [5.41, 5.74) is 1.24. The molecule has 0 radical (unpaired) electrons. The number of aliphatic hydroxyl groups excluding tert-OH is 1. The van der Waals surface area contributed by atoms with Crippen LogP contribution in [0.3, 0.4) is 0 Å². The van der Waals surface area contributed by atoms with Crippen molar-refractivity contribution in [3.8, 4) is 0 Å². The first-order chi connectivity index (χ1) is 10.1. The Bertz CT molecular complexity index is 387. The molecule has 0 aliphatic heterocycles. The summed E-state index contributed by atoms with van der Waals surface area (Å²) in [5.74, 6) is 0.836. The van der Waals surface area contributed by atoms with Crippen molar-refractivity contribution in [2.45, 2.75) is 57.8 Å². The normalized spacial score (nSPS) is 25.5. The number of benzene rings is 1. The second-order valence-corrected chi connectivity index (χ2v) is 6.41. The van der Waals surface area contributed by atoms with Gasteiger partial charge in [0.05, 0.1) is 18.8 Å². The van der Waals surface area contributed by atoms with Gasteiger partial charge in [0.1, 0.15) is 0 Å². The van der Waals surface area contributed by atoms with Crippen LogP contribution < -0.4 is 5.32 Å². The summed E-state index contributed by atoms with van der Waals surface area (Å²) in [4.78, 5) is 0. The van der Waals surface area contributed by atoms with Crippen LogP contribution in [0.4, 0.5) is 0 Å². The van der Waals surface area contributed by atoms with Crippen LogP contribution in [0.1, 0.15) is 51.1 Å². The Hall–Kier alpha value is -0.900. The number of ether oxygens (including phenoxy) is 1. The first kappa shape index (κ1) is 16.5. The van der Waals surface area contributed by atoms with Crippen LogP contribution in [0.5, 0.6) is 0 Å². The minimum Gasteiger partial charge on any atom is -0.389 e. The average molecular weight is 291 g/mol. The molecule has 1 saturated carbocycles. The number of hydrogen-bond acceptors (Lipinski definition) is 3. The number of aliphatic hydroxyl groups is 1. The van der Waals surface area contributed by atoms with Crippen LogP contribution in [-0.2, 0) is 4.74 Å². The third-order valence-electron chi connectivity index (χ3n) is 4.45. The van der Waals surface area contributed by atoms with E-state index in [-0.39, 0.29) is 6.04 Å². The molecule has 0 amide bonds. The van der Waals surface area contributed by atoms with Crippen LogP contribution >= 0.6 is 0 Å². The lowest BCUT2D eigenvalue weighted by Gasteiger charge is -2.27. The minimum atomic E-state index is -0.435. The molecule has 2 N–H and O–H groups in total. The van der Waals surface area contributed by atoms with Crippen LogP contribution in [0.2, 0.25) is 0 Å². The van der Waals surface area contributed by atoms with Crippen molar-refractivity contribution < 1.29 is 9.84 Å². The monoisotopic (exact) mass is 291 g/mol. The molecular weight excluding hydrogens is 262 g/mol. The Morgan fingerprint density at radius 2 is 1.86 bits per heavy atom. The molecule has 2 rings (SSSR count). The molecule has 0 spiro atoms. The van der Waals surface area contributed by atoms with Crippen molar-refractivity contribution in [3.05, 3.63) is 35.9 Å². The second-order valence-electron chi connectivity index (χ2n) is 6.41. The number of hydrogen-bond donors (Lipinski definition) is 2. The van der Waals surface area contributed by atoms with Gasteiger partial charge in [-0.25, -0.2) is 0 Å². The molecule has 3 nitrogen and oxygen atoms in total. The summed E-state index contributed by atoms with van der Waals surface area (Å²) < 4.78 is 5.84. The Morgan fingerprint density at radius 1 is 1.19 bits per heavy atom. The Morgan fingerprint density at radius 3 is 2.52 bits per heavy atom. The molecule has 3 heteroatoms. The highest BCUT2D eigenvalue weighted by atomic mass is 16.5. The van der Waals surface area contributed by atoms with Crippen molar-refractivity contribution in [1.29, 1.82) is 0 Å². The topological polar surface area (TPSA) is 41.5 Å². The first-order valence-corrected chi connectivity index (χ1v) is 8.23. The molecule has 1 aliphatic rings. The summed E-state index contributed by atoms with van der Waals surface area (Å²) in [6.07, 6.45) is 4.70. The van der Waals surface area contributed by atoms with Crippen LogP contribution in [0.15, 0.2) is 30.3 Å². The highest BCUT2D eigenvalue weighted by Gasteiger charge is 2.19. The van der Waals surface area contributed by atoms with Gasteiger partial charge in [-0.2, -0.15) is 0 Å². The van der Waals surface area contributed by atoms with E-state index in [9.17, 15) is 5.11 Å². The fourth-order valence-corrected chi connectivity index (χ4v) is 2.87. The molecule has 1 aromatic rings. The fourth-order valence-electron chi connectivity index (χ4n) is 2.87. The third-order valence-corrected chi connectivity index (χ3v) is 4.45. The van der Waals surface area contributed by atoms with Gasteiger partial charge < -0.3 is 15.2 Å². The van der Waals surface area contributed by atoms with Crippen LogP contribution in [0, 0.1) is 5.92 Å². The lowest BCUT2D eigenvalue weighted by atomic mass is 9.89. The van der Waals surface area contributed by atoms with Gasteiger partial charge in [-0.15, -0.1) is 0 Å². The summed E-state index contributed by atoms with van der Waals surface area (Å²) in [5, 5.41) is 13.4. The lowest BCUT2D eigenvalue weighted by molar-refractivity contribution is -0.0283. The molecule has 2 atom stereocenters.